The zero-order valence-electron chi connectivity index (χ0n) is 23.0. The van der Waals surface area contributed by atoms with Crippen molar-refractivity contribution in [1.29, 1.82) is 0 Å². The molecule has 4 atom stereocenters. The van der Waals surface area contributed by atoms with Gasteiger partial charge in [0.25, 0.3) is 0 Å². The predicted octanol–water partition coefficient (Wildman–Crippen LogP) is -1.52. The number of phenolic OH excluding ortho intramolecular Hbond substituents is 1. The molecule has 0 saturated carbocycles. The van der Waals surface area contributed by atoms with Crippen LogP contribution in [0.2, 0.25) is 0 Å². The fourth-order valence-electron chi connectivity index (χ4n) is 3.90. The number of aliphatic imine (C=N–C) groups is 1. The number of nitrogens with two attached hydrogens (primary N) is 3. The number of carboxylic acid groups (broad SMARTS) is 1. The summed E-state index contributed by atoms with van der Waals surface area (Å²) in [5, 5.41) is 26.9. The summed E-state index contributed by atoms with van der Waals surface area (Å²) in [6.07, 6.45) is 3.57. The zero-order chi connectivity index (χ0) is 30.5. The first-order chi connectivity index (χ1) is 19.4. The van der Waals surface area contributed by atoms with E-state index < -0.39 is 53.8 Å². The van der Waals surface area contributed by atoms with Crippen molar-refractivity contribution in [3.05, 3.63) is 48.0 Å². The Morgan fingerprint density at radius 2 is 1.63 bits per heavy atom. The Hall–Kier alpha value is -4.66. The van der Waals surface area contributed by atoms with Crippen LogP contribution in [0.3, 0.4) is 0 Å². The number of guanidine groups is 1. The van der Waals surface area contributed by atoms with Gasteiger partial charge in [0, 0.05) is 31.3 Å². The molecule has 224 valence electrons. The Morgan fingerprint density at radius 1 is 0.976 bits per heavy atom. The third-order valence-corrected chi connectivity index (χ3v) is 6.15. The number of carbonyl (C=O) groups is 4. The molecule has 0 aliphatic carbocycles. The number of hydrogen-bond acceptors (Lipinski definition) is 8. The fourth-order valence-corrected chi connectivity index (χ4v) is 3.90. The number of carboxylic acids is 1. The third kappa shape index (κ3) is 11.2. The number of aromatic hydroxyl groups is 1. The number of carbonyl (C=O) groups excluding carboxylic acids is 3. The van der Waals surface area contributed by atoms with Gasteiger partial charge in [-0.3, -0.25) is 19.4 Å². The second-order valence-electron chi connectivity index (χ2n) is 9.90. The summed E-state index contributed by atoms with van der Waals surface area (Å²) < 4.78 is 0. The molecule has 4 unspecified atom stereocenters. The standard InChI is InChI=1S/C26H39N9O6/c1-14(2)21(24(39)34-20(25(40)41)10-15-5-7-17(36)8-6-15)35-23(38)19(4-3-9-31-26(28)29)33-22(37)18(27)11-16-12-30-13-32-16/h5-8,12-14,18-21,36H,3-4,9-11,27H2,1-2H3,(H,30,32)(H,33,37)(H,34,39)(H,35,38)(H,40,41)(H4,28,29,31). The number of phenols is 1. The summed E-state index contributed by atoms with van der Waals surface area (Å²) >= 11 is 0. The van der Waals surface area contributed by atoms with Crippen molar-refractivity contribution < 1.29 is 29.4 Å². The maximum Gasteiger partial charge on any atom is 0.326 e. The van der Waals surface area contributed by atoms with Gasteiger partial charge in [0.1, 0.15) is 23.9 Å². The molecule has 1 aromatic carbocycles. The molecular weight excluding hydrogens is 534 g/mol. The number of amides is 3. The molecule has 0 aliphatic heterocycles. The van der Waals surface area contributed by atoms with Crippen molar-refractivity contribution in [2.45, 2.75) is 63.7 Å². The maximum absolute atomic E-state index is 13.3. The minimum Gasteiger partial charge on any atom is -0.508 e. The van der Waals surface area contributed by atoms with Gasteiger partial charge in [-0.05, 0) is 36.5 Å². The average molecular weight is 574 g/mol. The van der Waals surface area contributed by atoms with Gasteiger partial charge in [0.2, 0.25) is 17.7 Å². The zero-order valence-corrected chi connectivity index (χ0v) is 23.0. The number of nitrogens with one attached hydrogen (secondary N) is 4. The average Bonchev–Trinajstić information content (AvgIpc) is 3.42. The Balaban J connectivity index is 2.13. The molecule has 3 amide bonds. The van der Waals surface area contributed by atoms with Crippen molar-refractivity contribution in [2.75, 3.05) is 6.54 Å². The second-order valence-corrected chi connectivity index (χ2v) is 9.90. The number of aliphatic carboxylic acids is 1. The number of aromatic amines is 1. The highest BCUT2D eigenvalue weighted by Crippen LogP contribution is 2.12. The number of imidazole rings is 1. The first-order valence-electron chi connectivity index (χ1n) is 13.1. The number of nitrogens with zero attached hydrogens (tertiary/aromatic N) is 2. The van der Waals surface area contributed by atoms with Crippen LogP contribution in [0.1, 0.15) is 37.9 Å². The summed E-state index contributed by atoms with van der Waals surface area (Å²) in [5.41, 5.74) is 18.0. The topological polar surface area (TPSA) is 264 Å². The molecule has 0 fully saturated rings. The van der Waals surface area contributed by atoms with Crippen LogP contribution in [0.15, 0.2) is 41.8 Å². The first-order valence-corrected chi connectivity index (χ1v) is 13.1. The van der Waals surface area contributed by atoms with E-state index in [9.17, 15) is 29.4 Å². The smallest absolute Gasteiger partial charge is 0.326 e. The molecule has 41 heavy (non-hydrogen) atoms. The van der Waals surface area contributed by atoms with Gasteiger partial charge in [0.05, 0.1) is 12.4 Å². The highest BCUT2D eigenvalue weighted by atomic mass is 16.4. The van der Waals surface area contributed by atoms with E-state index in [2.05, 4.69) is 30.9 Å². The van der Waals surface area contributed by atoms with E-state index in [0.717, 1.165) is 0 Å². The normalized spacial score (nSPS) is 13.9. The molecule has 15 nitrogen and oxygen atoms in total. The van der Waals surface area contributed by atoms with Crippen molar-refractivity contribution in [3.8, 4) is 5.75 Å². The molecule has 0 spiro atoms. The van der Waals surface area contributed by atoms with Crippen molar-refractivity contribution in [1.82, 2.24) is 25.9 Å². The van der Waals surface area contributed by atoms with Crippen LogP contribution in [0.4, 0.5) is 0 Å². The fraction of sp³-hybridized carbons (Fsp3) is 0.462. The van der Waals surface area contributed by atoms with Crippen LogP contribution >= 0.6 is 0 Å². The molecule has 0 bridgehead atoms. The van der Waals surface area contributed by atoms with Crippen LogP contribution < -0.4 is 33.2 Å². The maximum atomic E-state index is 13.3. The van der Waals surface area contributed by atoms with Gasteiger partial charge in [-0.1, -0.05) is 26.0 Å². The van der Waals surface area contributed by atoms with Crippen LogP contribution in [-0.4, -0.2) is 80.5 Å². The molecular formula is C26H39N9O6. The summed E-state index contributed by atoms with van der Waals surface area (Å²) in [6.45, 7) is 3.58. The Kier molecular flexibility index (Phi) is 12.6. The molecule has 0 saturated heterocycles. The molecule has 12 N–H and O–H groups in total. The molecule has 1 heterocycles. The minimum absolute atomic E-state index is 0.0226. The molecule has 1 aromatic heterocycles. The lowest BCUT2D eigenvalue weighted by atomic mass is 10.00. The third-order valence-electron chi connectivity index (χ3n) is 6.15. The highest BCUT2D eigenvalue weighted by Gasteiger charge is 2.32. The Morgan fingerprint density at radius 3 is 2.20 bits per heavy atom. The van der Waals surface area contributed by atoms with E-state index in [4.69, 9.17) is 17.2 Å². The lowest BCUT2D eigenvalue weighted by Gasteiger charge is -2.27. The Labute approximate surface area is 237 Å². The number of benzene rings is 1. The van der Waals surface area contributed by atoms with Crippen molar-refractivity contribution >= 4 is 29.7 Å². The van der Waals surface area contributed by atoms with Gasteiger partial charge in [-0.15, -0.1) is 0 Å². The monoisotopic (exact) mass is 573 g/mol. The summed E-state index contributed by atoms with van der Waals surface area (Å²) in [4.78, 5) is 61.8. The quantitative estimate of drug-likeness (QED) is 0.0635. The molecule has 15 heteroatoms. The second kappa shape index (κ2) is 15.8. The van der Waals surface area contributed by atoms with E-state index in [1.54, 1.807) is 26.0 Å². The summed E-state index contributed by atoms with van der Waals surface area (Å²) in [7, 11) is 0. The molecule has 2 rings (SSSR count). The van der Waals surface area contributed by atoms with E-state index in [1.807, 2.05) is 0 Å². The van der Waals surface area contributed by atoms with Crippen molar-refractivity contribution in [2.24, 2.45) is 28.1 Å². The highest BCUT2D eigenvalue weighted by molar-refractivity contribution is 5.94. The van der Waals surface area contributed by atoms with Gasteiger partial charge in [-0.25, -0.2) is 9.78 Å². The van der Waals surface area contributed by atoms with Gasteiger partial charge < -0.3 is 48.3 Å². The van der Waals surface area contributed by atoms with E-state index in [-0.39, 0.29) is 37.5 Å². The lowest BCUT2D eigenvalue weighted by Crippen LogP contribution is -2.58. The number of rotatable bonds is 16. The van der Waals surface area contributed by atoms with E-state index in [1.165, 1.54) is 24.7 Å². The lowest BCUT2D eigenvalue weighted by molar-refractivity contribution is -0.142. The SMILES string of the molecule is CC(C)C(NC(=O)C(CCCN=C(N)N)NC(=O)C(N)Cc1cnc[nH]1)C(=O)NC(Cc1ccc(O)cc1)C(=O)O. The van der Waals surface area contributed by atoms with Crippen LogP contribution in [0.5, 0.6) is 5.75 Å². The van der Waals surface area contributed by atoms with E-state index in [0.29, 0.717) is 17.7 Å². The molecule has 0 radical (unpaired) electrons. The van der Waals surface area contributed by atoms with Crippen molar-refractivity contribution in [3.63, 3.8) is 0 Å². The minimum atomic E-state index is -1.29. The predicted molar refractivity (Wildman–Crippen MR) is 150 cm³/mol. The molecule has 0 aliphatic rings. The summed E-state index contributed by atoms with van der Waals surface area (Å²) in [5.74, 6) is -3.74. The van der Waals surface area contributed by atoms with Gasteiger partial charge >= 0.3 is 5.97 Å². The number of hydrogen-bond donors (Lipinski definition) is 9. The van der Waals surface area contributed by atoms with Gasteiger partial charge in [-0.2, -0.15) is 0 Å². The van der Waals surface area contributed by atoms with Crippen LogP contribution in [0.25, 0.3) is 0 Å². The number of aromatic nitrogens is 2. The molecule has 2 aromatic rings. The van der Waals surface area contributed by atoms with Gasteiger partial charge in [0.15, 0.2) is 5.96 Å². The first kappa shape index (κ1) is 32.6. The largest absolute Gasteiger partial charge is 0.508 e. The van der Waals surface area contributed by atoms with Crippen LogP contribution in [0, 0.1) is 5.92 Å². The van der Waals surface area contributed by atoms with E-state index >= 15 is 0 Å². The summed E-state index contributed by atoms with van der Waals surface area (Å²) in [6, 6.07) is 1.46. The number of H-pyrrole nitrogens is 1. The Bertz CT molecular complexity index is 1180. The van der Waals surface area contributed by atoms with Crippen LogP contribution in [-0.2, 0) is 32.0 Å².